The van der Waals surface area contributed by atoms with E-state index in [-0.39, 0.29) is 18.3 Å². The third-order valence-electron chi connectivity index (χ3n) is 4.61. The van der Waals surface area contributed by atoms with E-state index in [0.29, 0.717) is 18.8 Å². The van der Waals surface area contributed by atoms with Gasteiger partial charge in [-0.25, -0.2) is 0 Å². The molecule has 1 aromatic heterocycles. The largest absolute Gasteiger partial charge is 0.573 e. The molecule has 0 atom stereocenters. The highest BCUT2D eigenvalue weighted by Gasteiger charge is 2.31. The van der Waals surface area contributed by atoms with Gasteiger partial charge in [0.05, 0.1) is 6.54 Å². The Morgan fingerprint density at radius 2 is 1.67 bits per heavy atom. The molecule has 3 aromatic rings. The summed E-state index contributed by atoms with van der Waals surface area (Å²) < 4.78 is 46.4. The van der Waals surface area contributed by atoms with Gasteiger partial charge in [0.25, 0.3) is 0 Å². The van der Waals surface area contributed by atoms with Gasteiger partial charge in [0.15, 0.2) is 0 Å². The number of nitrogens with zero attached hydrogens (tertiary/aromatic N) is 2. The predicted octanol–water partition coefficient (Wildman–Crippen LogP) is 4.57. The zero-order valence-electron chi connectivity index (χ0n) is 15.7. The van der Waals surface area contributed by atoms with E-state index in [9.17, 15) is 18.0 Å². The van der Waals surface area contributed by atoms with E-state index in [1.807, 2.05) is 23.1 Å². The van der Waals surface area contributed by atoms with Gasteiger partial charge in [-0.2, -0.15) is 0 Å². The van der Waals surface area contributed by atoms with E-state index in [0.717, 1.165) is 22.3 Å². The highest BCUT2D eigenvalue weighted by molar-refractivity contribution is 5.76. The first-order valence-electron chi connectivity index (χ1n) is 9.17. The van der Waals surface area contributed by atoms with E-state index in [1.165, 1.54) is 12.1 Å². The van der Waals surface area contributed by atoms with Crippen LogP contribution in [0.1, 0.15) is 11.1 Å². The Kier molecular flexibility index (Phi) is 5.41. The summed E-state index contributed by atoms with van der Waals surface area (Å²) in [6, 6.07) is 14.8. The number of hydrogen-bond acceptors (Lipinski definition) is 5. The monoisotopic (exact) mass is 414 g/mol. The quantitative estimate of drug-likeness (QED) is 0.463. The Morgan fingerprint density at radius 1 is 0.967 bits per heavy atom. The molecule has 0 spiro atoms. The molecule has 4 rings (SSSR count). The molecule has 0 radical (unpaired) electrons. The zero-order valence-corrected chi connectivity index (χ0v) is 15.7. The van der Waals surface area contributed by atoms with Crippen LogP contribution in [-0.2, 0) is 17.9 Å². The van der Waals surface area contributed by atoms with E-state index in [1.54, 1.807) is 36.7 Å². The first kappa shape index (κ1) is 19.9. The third kappa shape index (κ3) is 4.96. The topological polar surface area (TPSA) is 51.7 Å². The molecule has 0 amide bonds. The molecule has 0 saturated carbocycles. The van der Waals surface area contributed by atoms with Crippen molar-refractivity contribution in [2.75, 3.05) is 6.54 Å². The van der Waals surface area contributed by atoms with E-state index >= 15 is 0 Å². The summed E-state index contributed by atoms with van der Waals surface area (Å²) in [6.07, 6.45) is -1.33. The normalized spacial score (nSPS) is 14.6. The number of hydrogen-bond donors (Lipinski definition) is 0. The van der Waals surface area contributed by atoms with Crippen LogP contribution < -0.4 is 9.47 Å². The molecular formula is C22H17F3N2O3. The number of rotatable bonds is 4. The lowest BCUT2D eigenvalue weighted by molar-refractivity contribution is -0.274. The summed E-state index contributed by atoms with van der Waals surface area (Å²) in [5.74, 6) is -0.138. The SMILES string of the molecule is O=C1CN(Cc2ccncc2)Cc2cc(-c3ccc(OC(F)(F)F)cc3)ccc2O1. The molecule has 30 heavy (non-hydrogen) atoms. The van der Waals surface area contributed by atoms with Gasteiger partial charge >= 0.3 is 12.3 Å². The average molecular weight is 414 g/mol. The van der Waals surface area contributed by atoms with Crippen LogP contribution in [0.2, 0.25) is 0 Å². The first-order valence-corrected chi connectivity index (χ1v) is 9.17. The molecule has 0 unspecified atom stereocenters. The van der Waals surface area contributed by atoms with Gasteiger partial charge in [-0.3, -0.25) is 14.7 Å². The number of benzene rings is 2. The third-order valence-corrected chi connectivity index (χ3v) is 4.61. The van der Waals surface area contributed by atoms with Crippen LogP contribution in [0.5, 0.6) is 11.5 Å². The summed E-state index contributed by atoms with van der Waals surface area (Å²) in [5, 5.41) is 0. The second-order valence-corrected chi connectivity index (χ2v) is 6.87. The maximum absolute atomic E-state index is 12.3. The molecule has 8 heteroatoms. The number of carbonyl (C=O) groups is 1. The maximum Gasteiger partial charge on any atom is 0.573 e. The van der Waals surface area contributed by atoms with E-state index < -0.39 is 6.36 Å². The minimum absolute atomic E-state index is 0.149. The summed E-state index contributed by atoms with van der Waals surface area (Å²) in [6.45, 7) is 1.20. The van der Waals surface area contributed by atoms with Crippen LogP contribution in [-0.4, -0.2) is 28.8 Å². The number of aromatic nitrogens is 1. The predicted molar refractivity (Wildman–Crippen MR) is 103 cm³/mol. The van der Waals surface area contributed by atoms with Gasteiger partial charge in [-0.15, -0.1) is 13.2 Å². The Bertz CT molecular complexity index is 1040. The van der Waals surface area contributed by atoms with E-state index in [4.69, 9.17) is 4.74 Å². The van der Waals surface area contributed by atoms with Crippen molar-refractivity contribution in [2.24, 2.45) is 0 Å². The van der Waals surface area contributed by atoms with Crippen molar-refractivity contribution in [1.29, 1.82) is 0 Å². The first-order chi connectivity index (χ1) is 14.4. The number of pyridine rings is 1. The van der Waals surface area contributed by atoms with Crippen molar-refractivity contribution in [3.63, 3.8) is 0 Å². The van der Waals surface area contributed by atoms with Gasteiger partial charge in [0.2, 0.25) is 0 Å². The molecule has 0 bridgehead atoms. The highest BCUT2D eigenvalue weighted by Crippen LogP contribution is 2.31. The number of carbonyl (C=O) groups excluding carboxylic acids is 1. The molecule has 5 nitrogen and oxygen atoms in total. The minimum Gasteiger partial charge on any atom is -0.425 e. The zero-order chi connectivity index (χ0) is 21.1. The van der Waals surface area contributed by atoms with Crippen molar-refractivity contribution < 1.29 is 27.4 Å². The van der Waals surface area contributed by atoms with Gasteiger partial charge in [-0.05, 0) is 53.1 Å². The van der Waals surface area contributed by atoms with E-state index in [2.05, 4.69) is 9.72 Å². The Labute approximate surface area is 170 Å². The Balaban J connectivity index is 1.57. The summed E-state index contributed by atoms with van der Waals surface area (Å²) in [7, 11) is 0. The summed E-state index contributed by atoms with van der Waals surface area (Å²) >= 11 is 0. The lowest BCUT2D eigenvalue weighted by Gasteiger charge is -2.18. The van der Waals surface area contributed by atoms with Crippen LogP contribution >= 0.6 is 0 Å². The average Bonchev–Trinajstić information content (AvgIpc) is 2.85. The molecule has 154 valence electrons. The fourth-order valence-electron chi connectivity index (χ4n) is 3.32. The Hall–Kier alpha value is -3.39. The molecule has 1 aliphatic heterocycles. The molecule has 2 aromatic carbocycles. The molecular weight excluding hydrogens is 397 g/mol. The summed E-state index contributed by atoms with van der Waals surface area (Å²) in [4.78, 5) is 18.1. The van der Waals surface area contributed by atoms with Crippen molar-refractivity contribution in [2.45, 2.75) is 19.5 Å². The lowest BCUT2D eigenvalue weighted by Crippen LogP contribution is -2.28. The smallest absolute Gasteiger partial charge is 0.425 e. The fraction of sp³-hybridized carbons (Fsp3) is 0.182. The van der Waals surface area contributed by atoms with Gasteiger partial charge < -0.3 is 9.47 Å². The van der Waals surface area contributed by atoms with Crippen LogP contribution in [0.4, 0.5) is 13.2 Å². The van der Waals surface area contributed by atoms with Crippen molar-refractivity contribution in [3.8, 4) is 22.6 Å². The molecule has 0 fully saturated rings. The van der Waals surface area contributed by atoms with Crippen LogP contribution in [0.25, 0.3) is 11.1 Å². The highest BCUT2D eigenvalue weighted by atomic mass is 19.4. The number of ether oxygens (including phenoxy) is 2. The number of esters is 1. The molecule has 0 saturated heterocycles. The van der Waals surface area contributed by atoms with Crippen molar-refractivity contribution in [1.82, 2.24) is 9.88 Å². The molecule has 2 heterocycles. The fourth-order valence-corrected chi connectivity index (χ4v) is 3.32. The standard InChI is InChI=1S/C22H17F3N2O3/c23-22(24,25)30-19-4-1-16(2-5-19)17-3-6-20-18(11-17)13-27(14-21(28)29-20)12-15-7-9-26-10-8-15/h1-11H,12-14H2. The van der Waals surface area contributed by atoms with Gasteiger partial charge in [0.1, 0.15) is 11.5 Å². The van der Waals surface area contributed by atoms with Gasteiger partial charge in [-0.1, -0.05) is 18.2 Å². The van der Waals surface area contributed by atoms with Gasteiger partial charge in [0, 0.05) is 31.0 Å². The number of alkyl halides is 3. The van der Waals surface area contributed by atoms with Crippen LogP contribution in [0, 0.1) is 0 Å². The minimum atomic E-state index is -4.73. The van der Waals surface area contributed by atoms with Crippen LogP contribution in [0.15, 0.2) is 67.0 Å². The molecule has 0 aliphatic carbocycles. The lowest BCUT2D eigenvalue weighted by atomic mass is 10.0. The number of halogens is 3. The second kappa shape index (κ2) is 8.16. The second-order valence-electron chi connectivity index (χ2n) is 6.87. The molecule has 1 aliphatic rings. The van der Waals surface area contributed by atoms with Crippen molar-refractivity contribution in [3.05, 3.63) is 78.1 Å². The van der Waals surface area contributed by atoms with Crippen molar-refractivity contribution >= 4 is 5.97 Å². The van der Waals surface area contributed by atoms with Crippen LogP contribution in [0.3, 0.4) is 0 Å². The Morgan fingerprint density at radius 3 is 2.37 bits per heavy atom. The maximum atomic E-state index is 12.3. The molecule has 0 N–H and O–H groups in total. The number of fused-ring (bicyclic) bond motifs is 1. The summed E-state index contributed by atoms with van der Waals surface area (Å²) in [5.41, 5.74) is 3.37.